The molecule has 132 valence electrons. The van der Waals surface area contributed by atoms with Gasteiger partial charge in [-0.05, 0) is 50.9 Å². The molecular formula is C19H26N6. The van der Waals surface area contributed by atoms with Crippen LogP contribution >= 0.6 is 0 Å². The van der Waals surface area contributed by atoms with Gasteiger partial charge in [0.05, 0.1) is 23.5 Å². The maximum atomic E-state index is 9.38. The van der Waals surface area contributed by atoms with Gasteiger partial charge in [-0.3, -0.25) is 9.58 Å². The van der Waals surface area contributed by atoms with E-state index in [0.717, 1.165) is 49.6 Å². The lowest BCUT2D eigenvalue weighted by Crippen LogP contribution is -2.23. The fraction of sp³-hybridized carbons (Fsp3) is 0.526. The summed E-state index contributed by atoms with van der Waals surface area (Å²) < 4.78 is 2.13. The van der Waals surface area contributed by atoms with Crippen molar-refractivity contribution < 1.29 is 0 Å². The number of rotatable bonds is 5. The SMILES string of the molecule is CCCN1CCCn2nc(CNc3nc(C)cc(C)c3C#N)cc2C1. The van der Waals surface area contributed by atoms with Gasteiger partial charge in [0.2, 0.25) is 0 Å². The lowest BCUT2D eigenvalue weighted by molar-refractivity contribution is 0.270. The Labute approximate surface area is 149 Å². The van der Waals surface area contributed by atoms with Gasteiger partial charge in [0.15, 0.2) is 0 Å². The third-order valence-corrected chi connectivity index (χ3v) is 4.58. The van der Waals surface area contributed by atoms with E-state index < -0.39 is 0 Å². The summed E-state index contributed by atoms with van der Waals surface area (Å²) in [6, 6.07) is 6.36. The Morgan fingerprint density at radius 1 is 1.28 bits per heavy atom. The fourth-order valence-corrected chi connectivity index (χ4v) is 3.46. The molecule has 0 atom stereocenters. The van der Waals surface area contributed by atoms with Crippen molar-refractivity contribution >= 4 is 5.82 Å². The zero-order valence-corrected chi connectivity index (χ0v) is 15.3. The van der Waals surface area contributed by atoms with E-state index in [-0.39, 0.29) is 0 Å². The van der Waals surface area contributed by atoms with E-state index in [1.807, 2.05) is 19.9 Å². The number of pyridine rings is 1. The summed E-state index contributed by atoms with van der Waals surface area (Å²) in [4.78, 5) is 6.97. The highest BCUT2D eigenvalue weighted by atomic mass is 15.3. The van der Waals surface area contributed by atoms with Crippen LogP contribution in [0, 0.1) is 25.2 Å². The van der Waals surface area contributed by atoms with Crippen LogP contribution in [-0.4, -0.2) is 32.8 Å². The number of anilines is 1. The van der Waals surface area contributed by atoms with Crippen LogP contribution in [0.3, 0.4) is 0 Å². The van der Waals surface area contributed by atoms with Gasteiger partial charge in [0, 0.05) is 25.3 Å². The predicted molar refractivity (Wildman–Crippen MR) is 98.2 cm³/mol. The van der Waals surface area contributed by atoms with Gasteiger partial charge in [-0.1, -0.05) is 6.92 Å². The number of nitrogens with one attached hydrogen (secondary N) is 1. The fourth-order valence-electron chi connectivity index (χ4n) is 3.46. The molecule has 3 heterocycles. The summed E-state index contributed by atoms with van der Waals surface area (Å²) in [5.41, 5.74) is 4.75. The molecule has 1 aliphatic rings. The Morgan fingerprint density at radius 2 is 2.12 bits per heavy atom. The van der Waals surface area contributed by atoms with Gasteiger partial charge in [-0.2, -0.15) is 10.4 Å². The highest BCUT2D eigenvalue weighted by molar-refractivity contribution is 5.56. The van der Waals surface area contributed by atoms with Crippen LogP contribution in [0.25, 0.3) is 0 Å². The molecule has 0 aliphatic carbocycles. The van der Waals surface area contributed by atoms with E-state index in [4.69, 9.17) is 5.10 Å². The number of fused-ring (bicyclic) bond motifs is 1. The van der Waals surface area contributed by atoms with Crippen LogP contribution < -0.4 is 5.32 Å². The maximum absolute atomic E-state index is 9.38. The highest BCUT2D eigenvalue weighted by Crippen LogP contribution is 2.19. The lowest BCUT2D eigenvalue weighted by atomic mass is 10.1. The van der Waals surface area contributed by atoms with Crippen LogP contribution in [0.15, 0.2) is 12.1 Å². The average Bonchev–Trinajstić information content (AvgIpc) is 2.85. The van der Waals surface area contributed by atoms with Crippen molar-refractivity contribution in [2.75, 3.05) is 18.4 Å². The third kappa shape index (κ3) is 3.99. The van der Waals surface area contributed by atoms with Gasteiger partial charge in [0.25, 0.3) is 0 Å². The summed E-state index contributed by atoms with van der Waals surface area (Å²) in [5, 5.41) is 17.4. The summed E-state index contributed by atoms with van der Waals surface area (Å²) >= 11 is 0. The molecule has 6 nitrogen and oxygen atoms in total. The second kappa shape index (κ2) is 7.66. The molecule has 0 fully saturated rings. The topological polar surface area (TPSA) is 69.8 Å². The van der Waals surface area contributed by atoms with Crippen LogP contribution in [0.2, 0.25) is 0 Å². The van der Waals surface area contributed by atoms with Crippen LogP contribution in [0.5, 0.6) is 0 Å². The average molecular weight is 338 g/mol. The molecule has 0 saturated heterocycles. The lowest BCUT2D eigenvalue weighted by Gasteiger charge is -2.17. The molecule has 2 aromatic heterocycles. The molecule has 0 unspecified atom stereocenters. The smallest absolute Gasteiger partial charge is 0.144 e. The molecule has 3 rings (SSSR count). The van der Waals surface area contributed by atoms with Gasteiger partial charge >= 0.3 is 0 Å². The van der Waals surface area contributed by atoms with E-state index in [2.05, 4.69) is 38.9 Å². The molecule has 6 heteroatoms. The van der Waals surface area contributed by atoms with E-state index in [0.29, 0.717) is 17.9 Å². The Kier molecular flexibility index (Phi) is 5.34. The first-order chi connectivity index (χ1) is 12.1. The summed E-state index contributed by atoms with van der Waals surface area (Å²) in [6.45, 7) is 10.9. The standard InChI is InChI=1S/C19H26N6/c1-4-6-24-7-5-8-25-17(13-24)10-16(23-25)12-21-19-18(11-20)14(2)9-15(3)22-19/h9-10H,4-8,12-13H2,1-3H3,(H,21,22). The zero-order valence-electron chi connectivity index (χ0n) is 15.3. The molecule has 0 aromatic carbocycles. The van der Waals surface area contributed by atoms with Gasteiger partial charge < -0.3 is 5.32 Å². The molecular weight excluding hydrogens is 312 g/mol. The minimum Gasteiger partial charge on any atom is -0.363 e. The van der Waals surface area contributed by atoms with Gasteiger partial charge in [-0.15, -0.1) is 0 Å². The molecule has 1 aliphatic heterocycles. The molecule has 0 radical (unpaired) electrons. The number of aromatic nitrogens is 3. The van der Waals surface area contributed by atoms with E-state index >= 15 is 0 Å². The van der Waals surface area contributed by atoms with Crippen LogP contribution in [0.1, 0.15) is 48.0 Å². The first-order valence-electron chi connectivity index (χ1n) is 9.01. The van der Waals surface area contributed by atoms with Crippen molar-refractivity contribution in [2.45, 2.75) is 53.2 Å². The molecule has 0 amide bonds. The van der Waals surface area contributed by atoms with Crippen LogP contribution in [0.4, 0.5) is 5.82 Å². The van der Waals surface area contributed by atoms with Crippen molar-refractivity contribution in [1.29, 1.82) is 5.26 Å². The minimum absolute atomic E-state index is 0.582. The Hall–Kier alpha value is -2.39. The number of nitrogens with zero attached hydrogens (tertiary/aromatic N) is 5. The number of nitriles is 1. The molecule has 0 saturated carbocycles. The van der Waals surface area contributed by atoms with E-state index in [1.54, 1.807) is 0 Å². The van der Waals surface area contributed by atoms with Crippen molar-refractivity contribution in [3.05, 3.63) is 40.3 Å². The number of hydrogen-bond donors (Lipinski definition) is 1. The maximum Gasteiger partial charge on any atom is 0.144 e. The Bertz CT molecular complexity index is 786. The molecule has 0 spiro atoms. The molecule has 1 N–H and O–H groups in total. The van der Waals surface area contributed by atoms with Crippen molar-refractivity contribution in [2.24, 2.45) is 0 Å². The van der Waals surface area contributed by atoms with Crippen molar-refractivity contribution in [3.63, 3.8) is 0 Å². The molecule has 0 bridgehead atoms. The predicted octanol–water partition coefficient (Wildman–Crippen LogP) is 2.99. The zero-order chi connectivity index (χ0) is 17.8. The normalized spacial score (nSPS) is 14.6. The minimum atomic E-state index is 0.582. The van der Waals surface area contributed by atoms with E-state index in [1.165, 1.54) is 12.1 Å². The molecule has 25 heavy (non-hydrogen) atoms. The van der Waals surface area contributed by atoms with Crippen LogP contribution in [-0.2, 0) is 19.6 Å². The Morgan fingerprint density at radius 3 is 2.88 bits per heavy atom. The quantitative estimate of drug-likeness (QED) is 0.907. The first kappa shape index (κ1) is 17.4. The van der Waals surface area contributed by atoms with Gasteiger partial charge in [0.1, 0.15) is 11.9 Å². The van der Waals surface area contributed by atoms with Crippen molar-refractivity contribution in [1.82, 2.24) is 19.7 Å². The second-order valence-corrected chi connectivity index (χ2v) is 6.75. The summed E-state index contributed by atoms with van der Waals surface area (Å²) in [5.74, 6) is 0.649. The second-order valence-electron chi connectivity index (χ2n) is 6.75. The summed E-state index contributed by atoms with van der Waals surface area (Å²) in [7, 11) is 0. The van der Waals surface area contributed by atoms with E-state index in [9.17, 15) is 5.26 Å². The monoisotopic (exact) mass is 338 g/mol. The number of hydrogen-bond acceptors (Lipinski definition) is 5. The summed E-state index contributed by atoms with van der Waals surface area (Å²) in [6.07, 6.45) is 2.32. The Balaban J connectivity index is 1.74. The van der Waals surface area contributed by atoms with Gasteiger partial charge in [-0.25, -0.2) is 4.98 Å². The first-order valence-corrected chi connectivity index (χ1v) is 9.01. The highest BCUT2D eigenvalue weighted by Gasteiger charge is 2.16. The molecule has 2 aromatic rings. The largest absolute Gasteiger partial charge is 0.363 e. The van der Waals surface area contributed by atoms with Crippen molar-refractivity contribution in [3.8, 4) is 6.07 Å². The third-order valence-electron chi connectivity index (χ3n) is 4.58. The number of aryl methyl sites for hydroxylation is 3.